The van der Waals surface area contributed by atoms with Crippen LogP contribution in [0.2, 0.25) is 0 Å². The van der Waals surface area contributed by atoms with Crippen LogP contribution in [0.5, 0.6) is 5.75 Å². The number of aromatic nitrogens is 3. The molecule has 0 saturated heterocycles. The SMILES string of the molecule is Cc1cc(C(c2ccc(OC(F)F)cc2)c2ccc(=O)[nH]n2)on1. The normalized spacial score (nSPS) is 12.3. The molecule has 0 aliphatic heterocycles. The van der Waals surface area contributed by atoms with Crippen LogP contribution in [0.1, 0.15) is 28.6 Å². The Morgan fingerprint density at radius 1 is 1.17 bits per heavy atom. The molecule has 8 heteroatoms. The Labute approximate surface area is 135 Å². The highest BCUT2D eigenvalue weighted by Crippen LogP contribution is 2.31. The van der Waals surface area contributed by atoms with Gasteiger partial charge in [-0.25, -0.2) is 5.10 Å². The van der Waals surface area contributed by atoms with Crippen LogP contribution in [0.25, 0.3) is 0 Å². The number of aryl methyl sites for hydroxylation is 1. The smallest absolute Gasteiger partial charge is 0.387 e. The van der Waals surface area contributed by atoms with Gasteiger partial charge < -0.3 is 9.26 Å². The first-order chi connectivity index (χ1) is 11.5. The molecule has 3 rings (SSSR count). The Kier molecular flexibility index (Phi) is 4.37. The van der Waals surface area contributed by atoms with Gasteiger partial charge in [0.2, 0.25) is 0 Å². The molecule has 0 bridgehead atoms. The summed E-state index contributed by atoms with van der Waals surface area (Å²) < 4.78 is 34.2. The quantitative estimate of drug-likeness (QED) is 0.776. The monoisotopic (exact) mass is 333 g/mol. The van der Waals surface area contributed by atoms with Crippen molar-refractivity contribution in [1.82, 2.24) is 15.4 Å². The van der Waals surface area contributed by atoms with Crippen molar-refractivity contribution >= 4 is 0 Å². The second-order valence-corrected chi connectivity index (χ2v) is 5.10. The minimum atomic E-state index is -2.88. The molecule has 0 amide bonds. The number of halogens is 2. The van der Waals surface area contributed by atoms with Gasteiger partial charge in [-0.3, -0.25) is 4.79 Å². The third kappa shape index (κ3) is 3.48. The van der Waals surface area contributed by atoms with Gasteiger partial charge in [0, 0.05) is 12.1 Å². The van der Waals surface area contributed by atoms with Crippen molar-refractivity contribution in [3.8, 4) is 5.75 Å². The van der Waals surface area contributed by atoms with E-state index < -0.39 is 12.5 Å². The molecule has 0 saturated carbocycles. The first-order valence-electron chi connectivity index (χ1n) is 7.06. The summed E-state index contributed by atoms with van der Waals surface area (Å²) in [5.74, 6) is 0.133. The second kappa shape index (κ2) is 6.61. The maximum Gasteiger partial charge on any atom is 0.387 e. The van der Waals surface area contributed by atoms with Crippen LogP contribution in [0.15, 0.2) is 51.8 Å². The van der Waals surface area contributed by atoms with E-state index in [1.807, 2.05) is 0 Å². The number of hydrogen-bond donors (Lipinski definition) is 1. The second-order valence-electron chi connectivity index (χ2n) is 5.10. The molecule has 0 spiro atoms. The molecule has 0 aliphatic rings. The van der Waals surface area contributed by atoms with Crippen molar-refractivity contribution in [3.05, 3.63) is 75.5 Å². The van der Waals surface area contributed by atoms with E-state index in [9.17, 15) is 13.6 Å². The summed E-state index contributed by atoms with van der Waals surface area (Å²) in [6.07, 6.45) is 0. The third-order valence-electron chi connectivity index (χ3n) is 3.37. The number of nitrogens with one attached hydrogen (secondary N) is 1. The van der Waals surface area contributed by atoms with E-state index in [4.69, 9.17) is 4.52 Å². The molecule has 0 fully saturated rings. The van der Waals surface area contributed by atoms with Gasteiger partial charge in [0.15, 0.2) is 5.76 Å². The van der Waals surface area contributed by atoms with E-state index in [0.717, 1.165) is 5.56 Å². The highest BCUT2D eigenvalue weighted by atomic mass is 19.3. The molecular formula is C16H13F2N3O3. The highest BCUT2D eigenvalue weighted by molar-refractivity contribution is 5.39. The largest absolute Gasteiger partial charge is 0.435 e. The summed E-state index contributed by atoms with van der Waals surface area (Å²) in [6, 6.07) is 10.8. The van der Waals surface area contributed by atoms with Gasteiger partial charge in [-0.2, -0.15) is 13.9 Å². The van der Waals surface area contributed by atoms with Crippen LogP contribution < -0.4 is 10.3 Å². The summed E-state index contributed by atoms with van der Waals surface area (Å²) in [6.45, 7) is -1.10. The Morgan fingerprint density at radius 3 is 2.46 bits per heavy atom. The van der Waals surface area contributed by atoms with E-state index in [2.05, 4.69) is 20.1 Å². The summed E-state index contributed by atoms with van der Waals surface area (Å²) >= 11 is 0. The van der Waals surface area contributed by atoms with Crippen molar-refractivity contribution in [2.75, 3.05) is 0 Å². The highest BCUT2D eigenvalue weighted by Gasteiger charge is 2.23. The van der Waals surface area contributed by atoms with Crippen molar-refractivity contribution in [2.45, 2.75) is 19.5 Å². The maximum atomic E-state index is 12.3. The predicted molar refractivity (Wildman–Crippen MR) is 80.1 cm³/mol. The molecule has 0 radical (unpaired) electrons. The maximum absolute atomic E-state index is 12.3. The lowest BCUT2D eigenvalue weighted by Crippen LogP contribution is -2.12. The molecule has 2 aromatic heterocycles. The fraction of sp³-hybridized carbons (Fsp3) is 0.188. The zero-order chi connectivity index (χ0) is 17.1. The van der Waals surface area contributed by atoms with E-state index >= 15 is 0 Å². The molecule has 1 atom stereocenters. The van der Waals surface area contributed by atoms with Gasteiger partial charge in [-0.05, 0) is 30.7 Å². The molecule has 1 unspecified atom stereocenters. The third-order valence-corrected chi connectivity index (χ3v) is 3.37. The molecule has 0 aliphatic carbocycles. The van der Waals surface area contributed by atoms with Crippen molar-refractivity contribution in [3.63, 3.8) is 0 Å². The lowest BCUT2D eigenvalue weighted by molar-refractivity contribution is -0.0498. The molecule has 6 nitrogen and oxygen atoms in total. The van der Waals surface area contributed by atoms with Gasteiger partial charge in [0.1, 0.15) is 5.75 Å². The lowest BCUT2D eigenvalue weighted by atomic mass is 9.92. The standard InChI is InChI=1S/C16H13F2N3O3/c1-9-8-13(24-21-9)15(12-6-7-14(22)20-19-12)10-2-4-11(5-3-10)23-16(17)18/h2-8,15-16H,1H3,(H,20,22). The van der Waals surface area contributed by atoms with Gasteiger partial charge in [0.25, 0.3) is 5.56 Å². The number of rotatable bonds is 5. The van der Waals surface area contributed by atoms with Crippen LogP contribution in [-0.4, -0.2) is 22.0 Å². The Morgan fingerprint density at radius 2 is 1.92 bits per heavy atom. The van der Waals surface area contributed by atoms with Crippen LogP contribution in [0, 0.1) is 6.92 Å². The minimum absolute atomic E-state index is 0.0516. The van der Waals surface area contributed by atoms with Crippen LogP contribution >= 0.6 is 0 Å². The first-order valence-corrected chi connectivity index (χ1v) is 7.06. The number of benzene rings is 1. The van der Waals surface area contributed by atoms with Crippen LogP contribution in [-0.2, 0) is 0 Å². The lowest BCUT2D eigenvalue weighted by Gasteiger charge is -2.14. The summed E-state index contributed by atoms with van der Waals surface area (Å²) in [5, 5.41) is 10.3. The zero-order valence-electron chi connectivity index (χ0n) is 12.6. The summed E-state index contributed by atoms with van der Waals surface area (Å²) in [4.78, 5) is 11.2. The Bertz CT molecular complexity index is 854. The van der Waals surface area contributed by atoms with Gasteiger partial charge in [-0.15, -0.1) is 0 Å². The molecular weight excluding hydrogens is 320 g/mol. The molecule has 2 heterocycles. The molecule has 24 heavy (non-hydrogen) atoms. The number of ether oxygens (including phenoxy) is 1. The number of hydrogen-bond acceptors (Lipinski definition) is 5. The van der Waals surface area contributed by atoms with Crippen molar-refractivity contribution in [1.29, 1.82) is 0 Å². The number of alkyl halides is 2. The first kappa shape index (κ1) is 15.9. The zero-order valence-corrected chi connectivity index (χ0v) is 12.6. The van der Waals surface area contributed by atoms with Crippen LogP contribution in [0.4, 0.5) is 8.78 Å². The number of nitrogens with zero attached hydrogens (tertiary/aromatic N) is 2. The fourth-order valence-electron chi connectivity index (χ4n) is 2.36. The molecule has 1 aromatic carbocycles. The van der Waals surface area contributed by atoms with Crippen LogP contribution in [0.3, 0.4) is 0 Å². The van der Waals surface area contributed by atoms with Crippen molar-refractivity contribution in [2.24, 2.45) is 0 Å². The Balaban J connectivity index is 2.01. The number of H-pyrrole nitrogens is 1. The fourth-order valence-corrected chi connectivity index (χ4v) is 2.36. The van der Waals surface area contributed by atoms with E-state index in [0.29, 0.717) is 17.1 Å². The van der Waals surface area contributed by atoms with Gasteiger partial charge in [-0.1, -0.05) is 17.3 Å². The van der Waals surface area contributed by atoms with E-state index in [1.54, 1.807) is 31.2 Å². The average Bonchev–Trinajstić information content (AvgIpc) is 2.97. The topological polar surface area (TPSA) is 81.0 Å². The molecule has 3 aromatic rings. The van der Waals surface area contributed by atoms with E-state index in [-0.39, 0.29) is 11.3 Å². The van der Waals surface area contributed by atoms with E-state index in [1.165, 1.54) is 18.2 Å². The molecule has 1 N–H and O–H groups in total. The minimum Gasteiger partial charge on any atom is -0.435 e. The van der Waals surface area contributed by atoms with Gasteiger partial charge >= 0.3 is 6.61 Å². The number of aromatic amines is 1. The average molecular weight is 333 g/mol. The van der Waals surface area contributed by atoms with Gasteiger partial charge in [0.05, 0.1) is 17.3 Å². The summed E-state index contributed by atoms with van der Waals surface area (Å²) in [5.41, 5.74) is 1.63. The Hall–Kier alpha value is -3.03. The molecule has 124 valence electrons. The summed E-state index contributed by atoms with van der Waals surface area (Å²) in [7, 11) is 0. The predicted octanol–water partition coefficient (Wildman–Crippen LogP) is 2.85. The van der Waals surface area contributed by atoms with Crippen molar-refractivity contribution < 1.29 is 18.0 Å².